The summed E-state index contributed by atoms with van der Waals surface area (Å²) < 4.78 is 2.05. The van der Waals surface area contributed by atoms with E-state index in [-0.39, 0.29) is 6.04 Å². The molecule has 0 aliphatic carbocycles. The maximum absolute atomic E-state index is 5.63. The van der Waals surface area contributed by atoms with Gasteiger partial charge in [0.1, 0.15) is 11.0 Å². The third-order valence-corrected chi connectivity index (χ3v) is 4.48. The van der Waals surface area contributed by atoms with Crippen LogP contribution in [0, 0.1) is 6.92 Å². The van der Waals surface area contributed by atoms with Crippen molar-refractivity contribution in [2.24, 2.45) is 0 Å². The second-order valence-electron chi connectivity index (χ2n) is 5.90. The van der Waals surface area contributed by atoms with Gasteiger partial charge >= 0.3 is 0 Å². The summed E-state index contributed by atoms with van der Waals surface area (Å²) in [6.45, 7) is 4.32. The molecule has 0 aliphatic rings. The third-order valence-electron chi connectivity index (χ3n) is 3.84. The monoisotopic (exact) mass is 315 g/mol. The van der Waals surface area contributed by atoms with Gasteiger partial charge in [-0.05, 0) is 18.9 Å². The molecule has 0 saturated carbocycles. The van der Waals surface area contributed by atoms with Crippen molar-refractivity contribution in [2.45, 2.75) is 39.2 Å². The fraction of sp³-hybridized carbons (Fsp3) is 0.444. The first-order valence-electron chi connectivity index (χ1n) is 7.87. The highest BCUT2D eigenvalue weighted by Crippen LogP contribution is 2.25. The Bertz CT molecular complexity index is 617. The lowest BCUT2D eigenvalue weighted by Gasteiger charge is -2.24. The van der Waals surface area contributed by atoms with Gasteiger partial charge in [0.15, 0.2) is 0 Å². The van der Waals surface area contributed by atoms with Crippen molar-refractivity contribution >= 4 is 17.2 Å². The standard InChI is InChI=1S/C18H25N3S/c1-5-6-12-16(18(22)20(3)4)21-13-14(2)17(19-21)15-10-8-7-9-11-15/h7-11,13,16H,5-6,12H2,1-4H3. The molecule has 22 heavy (non-hydrogen) atoms. The maximum atomic E-state index is 5.63. The van der Waals surface area contributed by atoms with Gasteiger partial charge in [-0.15, -0.1) is 0 Å². The van der Waals surface area contributed by atoms with E-state index >= 15 is 0 Å². The lowest BCUT2D eigenvalue weighted by Crippen LogP contribution is -2.30. The lowest BCUT2D eigenvalue weighted by atomic mass is 10.1. The molecule has 2 rings (SSSR count). The van der Waals surface area contributed by atoms with Gasteiger partial charge in [-0.3, -0.25) is 4.68 Å². The summed E-state index contributed by atoms with van der Waals surface area (Å²) in [5, 5.41) is 4.84. The summed E-state index contributed by atoms with van der Waals surface area (Å²) >= 11 is 5.63. The molecule has 1 heterocycles. The maximum Gasteiger partial charge on any atom is 0.102 e. The SMILES string of the molecule is CCCCC(C(=S)N(C)C)n1cc(C)c(-c2ccccc2)n1. The molecule has 0 bridgehead atoms. The van der Waals surface area contributed by atoms with Gasteiger partial charge in [0, 0.05) is 25.9 Å². The molecule has 118 valence electrons. The molecule has 0 fully saturated rings. The van der Waals surface area contributed by atoms with Crippen LogP contribution in [0.2, 0.25) is 0 Å². The lowest BCUT2D eigenvalue weighted by molar-refractivity contribution is 0.469. The summed E-state index contributed by atoms with van der Waals surface area (Å²) in [5.41, 5.74) is 3.39. The van der Waals surface area contributed by atoms with Gasteiger partial charge in [0.2, 0.25) is 0 Å². The zero-order chi connectivity index (χ0) is 16.1. The molecule has 4 heteroatoms. The normalized spacial score (nSPS) is 12.2. The Morgan fingerprint density at radius 1 is 1.27 bits per heavy atom. The molecule has 2 aromatic rings. The Hall–Kier alpha value is -1.68. The Kier molecular flexibility index (Phi) is 5.72. The van der Waals surface area contributed by atoms with Crippen LogP contribution in [0.3, 0.4) is 0 Å². The van der Waals surface area contributed by atoms with Crippen LogP contribution in [0.15, 0.2) is 36.5 Å². The van der Waals surface area contributed by atoms with Gasteiger partial charge in [-0.1, -0.05) is 62.3 Å². The van der Waals surface area contributed by atoms with Crippen molar-refractivity contribution in [3.63, 3.8) is 0 Å². The molecular weight excluding hydrogens is 290 g/mol. The van der Waals surface area contributed by atoms with E-state index in [1.807, 2.05) is 37.2 Å². The molecule has 0 saturated heterocycles. The topological polar surface area (TPSA) is 21.1 Å². The number of thiocarbonyl (C=S) groups is 1. The number of rotatable bonds is 6. The molecular formula is C18H25N3S. The minimum atomic E-state index is 0.154. The van der Waals surface area contributed by atoms with Crippen molar-refractivity contribution < 1.29 is 0 Å². The number of hydrogen-bond donors (Lipinski definition) is 0. The third kappa shape index (κ3) is 3.74. The van der Waals surface area contributed by atoms with Crippen LogP contribution >= 0.6 is 12.2 Å². The zero-order valence-corrected chi connectivity index (χ0v) is 14.7. The van der Waals surface area contributed by atoms with E-state index in [0.29, 0.717) is 0 Å². The minimum absolute atomic E-state index is 0.154. The molecule has 0 spiro atoms. The van der Waals surface area contributed by atoms with Crippen LogP contribution in [0.25, 0.3) is 11.3 Å². The molecule has 0 aliphatic heterocycles. The van der Waals surface area contributed by atoms with E-state index in [9.17, 15) is 0 Å². The molecule has 1 unspecified atom stereocenters. The van der Waals surface area contributed by atoms with Crippen LogP contribution in [-0.2, 0) is 0 Å². The van der Waals surface area contributed by atoms with Crippen LogP contribution in [0.5, 0.6) is 0 Å². The predicted molar refractivity (Wildman–Crippen MR) is 97.2 cm³/mol. The van der Waals surface area contributed by atoms with Crippen molar-refractivity contribution in [2.75, 3.05) is 14.1 Å². The Morgan fingerprint density at radius 3 is 2.55 bits per heavy atom. The zero-order valence-electron chi connectivity index (χ0n) is 13.9. The highest BCUT2D eigenvalue weighted by atomic mass is 32.1. The van der Waals surface area contributed by atoms with Crippen molar-refractivity contribution in [3.05, 3.63) is 42.1 Å². The number of hydrogen-bond acceptors (Lipinski definition) is 2. The second-order valence-corrected chi connectivity index (χ2v) is 6.32. The highest BCUT2D eigenvalue weighted by molar-refractivity contribution is 7.80. The van der Waals surface area contributed by atoms with E-state index in [4.69, 9.17) is 17.3 Å². The first kappa shape index (κ1) is 16.7. The van der Waals surface area contributed by atoms with Crippen molar-refractivity contribution in [1.82, 2.24) is 14.7 Å². The van der Waals surface area contributed by atoms with Crippen LogP contribution in [0.4, 0.5) is 0 Å². The molecule has 1 aromatic carbocycles. The molecule has 0 amide bonds. The number of unbranched alkanes of at least 4 members (excludes halogenated alkanes) is 1. The van der Waals surface area contributed by atoms with Crippen LogP contribution in [-0.4, -0.2) is 33.8 Å². The van der Waals surface area contributed by atoms with E-state index in [0.717, 1.165) is 29.1 Å². The summed E-state index contributed by atoms with van der Waals surface area (Å²) in [4.78, 5) is 2.96. The average molecular weight is 315 g/mol. The van der Waals surface area contributed by atoms with Crippen molar-refractivity contribution in [3.8, 4) is 11.3 Å². The number of nitrogens with zero attached hydrogens (tertiary/aromatic N) is 3. The molecule has 3 nitrogen and oxygen atoms in total. The van der Waals surface area contributed by atoms with Gasteiger partial charge in [-0.2, -0.15) is 5.10 Å². The largest absolute Gasteiger partial charge is 0.371 e. The van der Waals surface area contributed by atoms with Gasteiger partial charge in [-0.25, -0.2) is 0 Å². The van der Waals surface area contributed by atoms with Gasteiger partial charge < -0.3 is 4.90 Å². The van der Waals surface area contributed by atoms with Crippen molar-refractivity contribution in [1.29, 1.82) is 0 Å². The predicted octanol–water partition coefficient (Wildman–Crippen LogP) is 4.48. The summed E-state index contributed by atoms with van der Waals surface area (Å²) in [6.07, 6.45) is 5.47. The van der Waals surface area contributed by atoms with E-state index in [1.165, 1.54) is 12.0 Å². The second kappa shape index (κ2) is 7.54. The molecule has 1 atom stereocenters. The first-order valence-corrected chi connectivity index (χ1v) is 8.27. The quantitative estimate of drug-likeness (QED) is 0.733. The Balaban J connectivity index is 2.35. The Morgan fingerprint density at radius 2 is 1.95 bits per heavy atom. The number of benzene rings is 1. The number of aryl methyl sites for hydroxylation is 1. The van der Waals surface area contributed by atoms with Crippen LogP contribution < -0.4 is 0 Å². The number of likely N-dealkylation sites (N-methyl/N-ethyl adjacent to an activating group) is 1. The fourth-order valence-electron chi connectivity index (χ4n) is 2.59. The smallest absolute Gasteiger partial charge is 0.102 e. The summed E-state index contributed by atoms with van der Waals surface area (Å²) in [7, 11) is 4.02. The molecule has 0 radical (unpaired) electrons. The minimum Gasteiger partial charge on any atom is -0.371 e. The highest BCUT2D eigenvalue weighted by Gasteiger charge is 2.20. The van der Waals surface area contributed by atoms with Gasteiger partial charge in [0.05, 0.1) is 5.69 Å². The van der Waals surface area contributed by atoms with Gasteiger partial charge in [0.25, 0.3) is 0 Å². The van der Waals surface area contributed by atoms with E-state index in [1.54, 1.807) is 0 Å². The Labute approximate surface area is 138 Å². The molecule has 0 N–H and O–H groups in total. The van der Waals surface area contributed by atoms with E-state index in [2.05, 4.69) is 36.9 Å². The average Bonchev–Trinajstić information content (AvgIpc) is 2.90. The summed E-state index contributed by atoms with van der Waals surface area (Å²) in [5.74, 6) is 0. The fourth-order valence-corrected chi connectivity index (χ4v) is 2.81. The molecule has 1 aromatic heterocycles. The first-order chi connectivity index (χ1) is 10.5. The van der Waals surface area contributed by atoms with E-state index < -0.39 is 0 Å². The van der Waals surface area contributed by atoms with Crippen LogP contribution in [0.1, 0.15) is 37.8 Å². The summed E-state index contributed by atoms with van der Waals surface area (Å²) in [6, 6.07) is 10.5. The number of aromatic nitrogens is 2.